The second-order valence-corrected chi connectivity index (χ2v) is 10.2. The third kappa shape index (κ3) is 7.82. The van der Waals surface area contributed by atoms with Gasteiger partial charge in [-0.25, -0.2) is 4.39 Å². The summed E-state index contributed by atoms with van der Waals surface area (Å²) >= 11 is 0. The molecule has 0 aromatic heterocycles. The van der Waals surface area contributed by atoms with Crippen LogP contribution in [0.1, 0.15) is 108 Å². The maximum Gasteiger partial charge on any atom is 0.119 e. The summed E-state index contributed by atoms with van der Waals surface area (Å²) in [6.07, 6.45) is 19.2. The summed E-state index contributed by atoms with van der Waals surface area (Å²) in [6, 6.07) is 18.4. The van der Waals surface area contributed by atoms with Crippen LogP contribution in [0.3, 0.4) is 0 Å². The smallest absolute Gasteiger partial charge is 0.119 e. The number of hydrogen-bond donors (Lipinski definition) is 0. The molecular weight excluding hydrogens is 431 g/mol. The predicted molar refractivity (Wildman–Crippen MR) is 148 cm³/mol. The summed E-state index contributed by atoms with van der Waals surface area (Å²) < 4.78 is 22.0. The molecule has 0 bridgehead atoms. The Hall–Kier alpha value is -2.35. The number of hydrogen-bond acceptors (Lipinski definition) is 1. The van der Waals surface area contributed by atoms with Gasteiger partial charge in [-0.3, -0.25) is 0 Å². The van der Waals surface area contributed by atoms with Crippen molar-refractivity contribution in [3.8, 4) is 5.75 Å². The largest absolute Gasteiger partial charge is 0.491 e. The fourth-order valence-corrected chi connectivity index (χ4v) is 5.16. The topological polar surface area (TPSA) is 9.23 Å². The molecule has 190 valence electrons. The zero-order chi connectivity index (χ0) is 24.9. The maximum absolute atomic E-state index is 15.9. The van der Waals surface area contributed by atoms with Crippen molar-refractivity contribution in [2.24, 2.45) is 0 Å². The van der Waals surface area contributed by atoms with Crippen LogP contribution in [0.15, 0.2) is 78.7 Å². The molecule has 0 saturated carbocycles. The zero-order valence-corrected chi connectivity index (χ0v) is 22.1. The van der Waals surface area contributed by atoms with E-state index >= 15 is 4.39 Å². The molecule has 0 aliphatic heterocycles. The van der Waals surface area contributed by atoms with Crippen molar-refractivity contribution < 1.29 is 9.13 Å². The van der Waals surface area contributed by atoms with Crippen molar-refractivity contribution >= 4 is 0 Å². The zero-order valence-electron chi connectivity index (χ0n) is 22.1. The number of benzene rings is 2. The third-order valence-electron chi connectivity index (χ3n) is 7.37. The van der Waals surface area contributed by atoms with E-state index in [9.17, 15) is 0 Å². The molecule has 3 unspecified atom stereocenters. The second kappa shape index (κ2) is 14.3. The van der Waals surface area contributed by atoms with Crippen molar-refractivity contribution in [2.75, 3.05) is 0 Å². The fraction of sp³-hybridized carbons (Fsp3) is 0.515. The summed E-state index contributed by atoms with van der Waals surface area (Å²) in [5.41, 5.74) is 1.51. The van der Waals surface area contributed by atoms with Crippen molar-refractivity contribution in [1.29, 1.82) is 0 Å². The lowest BCUT2D eigenvalue weighted by molar-refractivity contribution is 0.206. The first-order chi connectivity index (χ1) is 17.1. The summed E-state index contributed by atoms with van der Waals surface area (Å²) in [6.45, 7) is 6.60. The first kappa shape index (κ1) is 27.2. The molecule has 2 aromatic carbocycles. The molecule has 0 amide bonds. The van der Waals surface area contributed by atoms with Crippen LogP contribution in [0.25, 0.3) is 0 Å². The van der Waals surface area contributed by atoms with Crippen LogP contribution < -0.4 is 4.74 Å². The number of halogens is 1. The molecule has 0 radical (unpaired) electrons. The second-order valence-electron chi connectivity index (χ2n) is 10.2. The van der Waals surface area contributed by atoms with Gasteiger partial charge in [-0.05, 0) is 55.5 Å². The molecule has 1 aliphatic rings. The van der Waals surface area contributed by atoms with E-state index in [1.807, 2.05) is 36.4 Å². The van der Waals surface area contributed by atoms with Gasteiger partial charge in [-0.1, -0.05) is 120 Å². The normalized spacial score (nSPS) is 20.5. The number of unbranched alkanes of at least 4 members (excludes halogenated alkanes) is 7. The Balaban J connectivity index is 1.68. The van der Waals surface area contributed by atoms with Gasteiger partial charge in [0.1, 0.15) is 11.6 Å². The van der Waals surface area contributed by atoms with Crippen LogP contribution in [0.2, 0.25) is 0 Å². The van der Waals surface area contributed by atoms with E-state index in [0.29, 0.717) is 0 Å². The van der Waals surface area contributed by atoms with Crippen LogP contribution in [0.4, 0.5) is 4.39 Å². The molecule has 2 aromatic rings. The van der Waals surface area contributed by atoms with Gasteiger partial charge >= 0.3 is 0 Å². The van der Waals surface area contributed by atoms with Gasteiger partial charge in [0.25, 0.3) is 0 Å². The van der Waals surface area contributed by atoms with Gasteiger partial charge < -0.3 is 4.74 Å². The summed E-state index contributed by atoms with van der Waals surface area (Å²) in [4.78, 5) is 0. The summed E-state index contributed by atoms with van der Waals surface area (Å²) in [7, 11) is 0. The van der Waals surface area contributed by atoms with Crippen molar-refractivity contribution in [2.45, 2.75) is 109 Å². The Kier molecular flexibility index (Phi) is 11.1. The lowest BCUT2D eigenvalue weighted by atomic mass is 9.71. The average molecular weight is 477 g/mol. The van der Waals surface area contributed by atoms with Crippen LogP contribution in [0.5, 0.6) is 5.75 Å². The minimum atomic E-state index is -0.639. The van der Waals surface area contributed by atoms with Crippen LogP contribution >= 0.6 is 0 Å². The van der Waals surface area contributed by atoms with Crippen LogP contribution in [0, 0.1) is 0 Å². The Morgan fingerprint density at radius 1 is 0.829 bits per heavy atom. The molecule has 0 fully saturated rings. The Morgan fingerprint density at radius 2 is 1.49 bits per heavy atom. The van der Waals surface area contributed by atoms with Crippen molar-refractivity contribution in [1.82, 2.24) is 0 Å². The lowest BCUT2D eigenvalue weighted by Crippen LogP contribution is -2.27. The quantitative estimate of drug-likeness (QED) is 0.183. The Morgan fingerprint density at radius 3 is 2.17 bits per heavy atom. The molecule has 0 spiro atoms. The molecule has 0 saturated heterocycles. The predicted octanol–water partition coefficient (Wildman–Crippen LogP) is 10.2. The van der Waals surface area contributed by atoms with Gasteiger partial charge in [0, 0.05) is 5.92 Å². The highest BCUT2D eigenvalue weighted by molar-refractivity contribution is 5.46. The van der Waals surface area contributed by atoms with Crippen molar-refractivity contribution in [3.63, 3.8) is 0 Å². The highest BCUT2D eigenvalue weighted by Crippen LogP contribution is 2.44. The van der Waals surface area contributed by atoms with Gasteiger partial charge in [0.15, 0.2) is 0 Å². The minimum Gasteiger partial charge on any atom is -0.491 e. The highest BCUT2D eigenvalue weighted by atomic mass is 19.1. The number of allylic oxidation sites excluding steroid dienone is 4. The van der Waals surface area contributed by atoms with E-state index in [-0.39, 0.29) is 17.8 Å². The summed E-state index contributed by atoms with van der Waals surface area (Å²) in [5.74, 6) is 0.825. The van der Waals surface area contributed by atoms with Gasteiger partial charge in [0.2, 0.25) is 0 Å². The van der Waals surface area contributed by atoms with Gasteiger partial charge in [0.05, 0.1) is 11.5 Å². The molecule has 1 nitrogen and oxygen atoms in total. The van der Waals surface area contributed by atoms with E-state index in [4.69, 9.17) is 4.74 Å². The molecule has 2 heteroatoms. The fourth-order valence-electron chi connectivity index (χ4n) is 5.16. The Labute approximate surface area is 213 Å². The lowest BCUT2D eigenvalue weighted by Gasteiger charge is -2.34. The first-order valence-corrected chi connectivity index (χ1v) is 14.0. The first-order valence-electron chi connectivity index (χ1n) is 14.0. The van der Waals surface area contributed by atoms with Crippen LogP contribution in [-0.2, 0) is 5.41 Å². The van der Waals surface area contributed by atoms with Gasteiger partial charge in [-0.15, -0.1) is 0 Å². The molecule has 35 heavy (non-hydrogen) atoms. The third-order valence-corrected chi connectivity index (χ3v) is 7.37. The molecule has 1 aliphatic carbocycles. The number of ether oxygens (including phenoxy) is 1. The monoisotopic (exact) mass is 476 g/mol. The molecule has 3 rings (SSSR count). The number of rotatable bonds is 15. The Bertz CT molecular complexity index is 914. The minimum absolute atomic E-state index is 0.0189. The van der Waals surface area contributed by atoms with E-state index in [1.54, 1.807) is 0 Å². The molecule has 0 heterocycles. The van der Waals surface area contributed by atoms with Crippen LogP contribution in [-0.4, -0.2) is 6.10 Å². The van der Waals surface area contributed by atoms with E-state index < -0.39 is 5.41 Å². The molecule has 0 N–H and O–H groups in total. The average Bonchev–Trinajstić information content (AvgIpc) is 2.88. The standard InChI is InChI=1S/C33H45FO/c1-4-6-8-9-10-15-24-33(30-17-13-11-14-18-30)25-23-29(26-32(33)34)28-19-21-31(22-20-28)35-27(3)16-12-7-5-2/h11,13-14,17-23,25-27,29H,4-10,12,15-16,24H2,1-3H3. The van der Waals surface area contributed by atoms with Gasteiger partial charge in [-0.2, -0.15) is 0 Å². The van der Waals surface area contributed by atoms with E-state index in [2.05, 4.69) is 57.2 Å². The maximum atomic E-state index is 15.9. The summed E-state index contributed by atoms with van der Waals surface area (Å²) in [5, 5.41) is 0. The highest BCUT2D eigenvalue weighted by Gasteiger charge is 2.37. The SMILES string of the molecule is CCCCCCCCC1(c2ccccc2)C=CC(c2ccc(OC(C)CCCCC)cc2)C=C1F. The van der Waals surface area contributed by atoms with E-state index in [1.165, 1.54) is 44.9 Å². The molecular formula is C33H45FO. The molecule has 3 atom stereocenters. The van der Waals surface area contributed by atoms with E-state index in [0.717, 1.165) is 42.6 Å². The van der Waals surface area contributed by atoms with Crippen molar-refractivity contribution in [3.05, 3.63) is 89.8 Å².